The lowest BCUT2D eigenvalue weighted by Crippen LogP contribution is -1.94. The summed E-state index contributed by atoms with van der Waals surface area (Å²) < 4.78 is 5.44. The molecule has 0 amide bonds. The van der Waals surface area contributed by atoms with Gasteiger partial charge in [0.1, 0.15) is 11.4 Å². The zero-order valence-electron chi connectivity index (χ0n) is 11.7. The summed E-state index contributed by atoms with van der Waals surface area (Å²) in [6.45, 7) is 2.60. The lowest BCUT2D eigenvalue weighted by atomic mass is 10.1. The van der Waals surface area contributed by atoms with Crippen LogP contribution in [0.1, 0.15) is 17.4 Å². The minimum Gasteiger partial charge on any atom is -0.494 e. The van der Waals surface area contributed by atoms with Crippen LogP contribution in [-0.4, -0.2) is 17.9 Å². The Morgan fingerprint density at radius 3 is 2.57 bits per heavy atom. The van der Waals surface area contributed by atoms with Crippen molar-refractivity contribution in [2.75, 3.05) is 6.61 Å². The molecule has 0 bridgehead atoms. The Bertz CT molecular complexity index is 779. The number of fused-ring (bicyclic) bond motifs is 1. The normalized spacial score (nSPS) is 10.5. The summed E-state index contributed by atoms with van der Waals surface area (Å²) in [5.41, 5.74) is 2.23. The van der Waals surface area contributed by atoms with Crippen LogP contribution in [0.5, 0.6) is 5.75 Å². The van der Waals surface area contributed by atoms with Gasteiger partial charge in [-0.15, -0.1) is 0 Å². The van der Waals surface area contributed by atoms with Gasteiger partial charge in [-0.3, -0.25) is 4.79 Å². The van der Waals surface area contributed by atoms with E-state index >= 15 is 0 Å². The first-order valence-electron chi connectivity index (χ1n) is 6.90. The molecule has 0 atom stereocenters. The maximum Gasteiger partial charge on any atom is 0.169 e. The first-order valence-corrected chi connectivity index (χ1v) is 6.90. The molecular weight excluding hydrogens is 262 g/mol. The van der Waals surface area contributed by atoms with E-state index in [0.29, 0.717) is 12.3 Å². The molecule has 0 aliphatic heterocycles. The summed E-state index contributed by atoms with van der Waals surface area (Å²) in [6.07, 6.45) is 0.806. The second-order valence-electron chi connectivity index (χ2n) is 4.69. The van der Waals surface area contributed by atoms with Gasteiger partial charge in [0.05, 0.1) is 12.3 Å². The van der Waals surface area contributed by atoms with E-state index in [9.17, 15) is 4.79 Å². The third kappa shape index (κ3) is 2.63. The van der Waals surface area contributed by atoms with Crippen molar-refractivity contribution in [3.05, 3.63) is 60.3 Å². The molecule has 0 N–H and O–H groups in total. The van der Waals surface area contributed by atoms with Crippen molar-refractivity contribution >= 4 is 17.1 Å². The highest BCUT2D eigenvalue weighted by atomic mass is 16.5. The van der Waals surface area contributed by atoms with Gasteiger partial charge in [-0.05, 0) is 42.6 Å². The van der Waals surface area contributed by atoms with Crippen LogP contribution in [0.4, 0.5) is 0 Å². The number of ether oxygens (including phenoxy) is 1. The number of hydrogen-bond donors (Lipinski definition) is 0. The number of pyridine rings is 1. The summed E-state index contributed by atoms with van der Waals surface area (Å²) in [7, 11) is 0. The van der Waals surface area contributed by atoms with Gasteiger partial charge in [0, 0.05) is 10.9 Å². The standard InChI is InChI=1S/C18H15NO2/c1-2-21-15-9-7-13(8-10-15)17-11-14-5-3-4-6-16(14)18(12-20)19-17/h3-12H,2H2,1H3. The SMILES string of the molecule is CCOc1ccc(-c2cc3ccccc3c(C=O)n2)cc1. The van der Waals surface area contributed by atoms with Crippen LogP contribution in [0.3, 0.4) is 0 Å². The molecule has 0 saturated heterocycles. The average molecular weight is 277 g/mol. The van der Waals surface area contributed by atoms with Crippen molar-refractivity contribution in [1.29, 1.82) is 0 Å². The molecule has 0 aliphatic carbocycles. The predicted molar refractivity (Wildman–Crippen MR) is 83.7 cm³/mol. The van der Waals surface area contributed by atoms with Crippen LogP contribution in [0, 0.1) is 0 Å². The summed E-state index contributed by atoms with van der Waals surface area (Å²) in [5, 5.41) is 1.89. The fraction of sp³-hybridized carbons (Fsp3) is 0.111. The number of hydrogen-bond acceptors (Lipinski definition) is 3. The molecule has 0 saturated carbocycles. The van der Waals surface area contributed by atoms with Gasteiger partial charge in [-0.25, -0.2) is 4.98 Å². The first-order chi connectivity index (χ1) is 10.3. The molecule has 3 nitrogen and oxygen atoms in total. The zero-order valence-corrected chi connectivity index (χ0v) is 11.7. The largest absolute Gasteiger partial charge is 0.494 e. The summed E-state index contributed by atoms with van der Waals surface area (Å²) in [6, 6.07) is 17.5. The smallest absolute Gasteiger partial charge is 0.169 e. The Balaban J connectivity index is 2.09. The van der Waals surface area contributed by atoms with Crippen LogP contribution < -0.4 is 4.74 Å². The second-order valence-corrected chi connectivity index (χ2v) is 4.69. The highest BCUT2D eigenvalue weighted by Crippen LogP contribution is 2.25. The Morgan fingerprint density at radius 1 is 1.10 bits per heavy atom. The second kappa shape index (κ2) is 5.75. The van der Waals surface area contributed by atoms with E-state index in [1.807, 2.05) is 61.5 Å². The minimum atomic E-state index is 0.469. The van der Waals surface area contributed by atoms with E-state index < -0.39 is 0 Å². The molecular formula is C18H15NO2. The van der Waals surface area contributed by atoms with Gasteiger partial charge in [-0.1, -0.05) is 24.3 Å². The number of nitrogens with zero attached hydrogens (tertiary/aromatic N) is 1. The Labute approximate surface area is 123 Å². The van der Waals surface area contributed by atoms with Crippen molar-refractivity contribution in [3.63, 3.8) is 0 Å². The molecule has 1 aromatic heterocycles. The lowest BCUT2D eigenvalue weighted by molar-refractivity contribution is 0.112. The van der Waals surface area contributed by atoms with Crippen LogP contribution >= 0.6 is 0 Å². The van der Waals surface area contributed by atoms with E-state index in [2.05, 4.69) is 4.98 Å². The Morgan fingerprint density at radius 2 is 1.86 bits per heavy atom. The van der Waals surface area contributed by atoms with E-state index in [0.717, 1.165) is 34.1 Å². The summed E-state index contributed by atoms with van der Waals surface area (Å²) in [5.74, 6) is 0.831. The van der Waals surface area contributed by atoms with Gasteiger partial charge >= 0.3 is 0 Å². The van der Waals surface area contributed by atoms with E-state index in [1.165, 1.54) is 0 Å². The third-order valence-electron chi connectivity index (χ3n) is 3.34. The molecule has 3 rings (SSSR count). The lowest BCUT2D eigenvalue weighted by Gasteiger charge is -2.07. The van der Waals surface area contributed by atoms with Gasteiger partial charge < -0.3 is 4.74 Å². The first kappa shape index (κ1) is 13.3. The molecule has 0 fully saturated rings. The van der Waals surface area contributed by atoms with Gasteiger partial charge in [-0.2, -0.15) is 0 Å². The fourth-order valence-corrected chi connectivity index (χ4v) is 2.35. The maximum absolute atomic E-state index is 11.3. The highest BCUT2D eigenvalue weighted by Gasteiger charge is 2.07. The molecule has 0 aliphatic rings. The van der Waals surface area contributed by atoms with Crippen molar-refractivity contribution in [2.24, 2.45) is 0 Å². The number of carbonyl (C=O) groups is 1. The van der Waals surface area contributed by atoms with Crippen LogP contribution in [0.25, 0.3) is 22.0 Å². The summed E-state index contributed by atoms with van der Waals surface area (Å²) >= 11 is 0. The predicted octanol–water partition coefficient (Wildman–Crippen LogP) is 4.11. The van der Waals surface area contributed by atoms with Gasteiger partial charge in [0.15, 0.2) is 6.29 Å². The monoisotopic (exact) mass is 277 g/mol. The zero-order chi connectivity index (χ0) is 14.7. The van der Waals surface area contributed by atoms with E-state index in [1.54, 1.807) is 0 Å². The molecule has 0 radical (unpaired) electrons. The summed E-state index contributed by atoms with van der Waals surface area (Å²) in [4.78, 5) is 15.7. The quantitative estimate of drug-likeness (QED) is 0.674. The topological polar surface area (TPSA) is 39.2 Å². The average Bonchev–Trinajstić information content (AvgIpc) is 2.55. The minimum absolute atomic E-state index is 0.469. The van der Waals surface area contributed by atoms with Crippen LogP contribution in [-0.2, 0) is 0 Å². The van der Waals surface area contributed by atoms with Crippen molar-refractivity contribution in [1.82, 2.24) is 4.98 Å². The fourth-order valence-electron chi connectivity index (χ4n) is 2.35. The number of aromatic nitrogens is 1. The van der Waals surface area contributed by atoms with Crippen LogP contribution in [0.2, 0.25) is 0 Å². The van der Waals surface area contributed by atoms with Crippen molar-refractivity contribution in [2.45, 2.75) is 6.92 Å². The molecule has 2 aromatic carbocycles. The molecule has 3 heteroatoms. The molecule has 3 aromatic rings. The van der Waals surface area contributed by atoms with Crippen LogP contribution in [0.15, 0.2) is 54.6 Å². The number of carbonyl (C=O) groups excluding carboxylic acids is 1. The van der Waals surface area contributed by atoms with Crippen molar-refractivity contribution < 1.29 is 9.53 Å². The molecule has 0 spiro atoms. The molecule has 104 valence electrons. The van der Waals surface area contributed by atoms with E-state index in [4.69, 9.17) is 4.74 Å². The number of rotatable bonds is 4. The van der Waals surface area contributed by atoms with Gasteiger partial charge in [0.25, 0.3) is 0 Å². The highest BCUT2D eigenvalue weighted by molar-refractivity contribution is 5.98. The van der Waals surface area contributed by atoms with Crippen molar-refractivity contribution in [3.8, 4) is 17.0 Å². The number of benzene rings is 2. The molecule has 21 heavy (non-hydrogen) atoms. The third-order valence-corrected chi connectivity index (χ3v) is 3.34. The molecule has 0 unspecified atom stereocenters. The van der Waals surface area contributed by atoms with Gasteiger partial charge in [0.2, 0.25) is 0 Å². The Hall–Kier alpha value is -2.68. The maximum atomic E-state index is 11.3. The Kier molecular flexibility index (Phi) is 3.65. The molecule has 1 heterocycles. The van der Waals surface area contributed by atoms with E-state index in [-0.39, 0.29) is 0 Å². The number of aldehydes is 1.